The molecule has 4 nitrogen and oxygen atoms in total. The molecular formula is C16H16ClF2N3O. The van der Waals surface area contributed by atoms with E-state index in [-0.39, 0.29) is 18.2 Å². The number of rotatable bonds is 4. The molecule has 2 heterocycles. The van der Waals surface area contributed by atoms with Gasteiger partial charge in [0.15, 0.2) is 0 Å². The fourth-order valence-corrected chi connectivity index (χ4v) is 2.70. The molecule has 122 valence electrons. The van der Waals surface area contributed by atoms with Gasteiger partial charge >= 0.3 is 6.01 Å². The van der Waals surface area contributed by atoms with Gasteiger partial charge < -0.3 is 4.74 Å². The lowest BCUT2D eigenvalue weighted by atomic mass is 10.1. The number of likely N-dealkylation sites (tertiary alicyclic amines) is 1. The number of piperidine rings is 1. The fourth-order valence-electron chi connectivity index (χ4n) is 2.60. The molecule has 0 N–H and O–H groups in total. The molecule has 1 aliphatic heterocycles. The maximum atomic E-state index is 13.7. The maximum Gasteiger partial charge on any atom is 0.316 e. The first-order chi connectivity index (χ1) is 11.1. The molecule has 0 unspecified atom stereocenters. The third kappa shape index (κ3) is 4.14. The Morgan fingerprint density at radius 1 is 1.13 bits per heavy atom. The molecule has 0 atom stereocenters. The van der Waals surface area contributed by atoms with Crippen molar-refractivity contribution in [2.75, 3.05) is 13.1 Å². The van der Waals surface area contributed by atoms with Gasteiger partial charge in [0.1, 0.15) is 17.7 Å². The van der Waals surface area contributed by atoms with Gasteiger partial charge in [0.2, 0.25) is 0 Å². The van der Waals surface area contributed by atoms with Crippen LogP contribution in [0.25, 0.3) is 0 Å². The normalized spacial score (nSPS) is 16.5. The quantitative estimate of drug-likeness (QED) is 0.855. The highest BCUT2D eigenvalue weighted by molar-refractivity contribution is 6.30. The molecule has 2 aromatic rings. The molecule has 23 heavy (non-hydrogen) atoms. The second-order valence-electron chi connectivity index (χ2n) is 5.48. The van der Waals surface area contributed by atoms with E-state index in [0.717, 1.165) is 12.8 Å². The van der Waals surface area contributed by atoms with Gasteiger partial charge in [-0.25, -0.2) is 18.7 Å². The summed E-state index contributed by atoms with van der Waals surface area (Å²) in [5.41, 5.74) is 0.118. The highest BCUT2D eigenvalue weighted by Gasteiger charge is 2.23. The summed E-state index contributed by atoms with van der Waals surface area (Å²) in [5, 5.41) is 0.457. The number of hydrogen-bond acceptors (Lipinski definition) is 4. The minimum Gasteiger partial charge on any atom is -0.460 e. The molecule has 1 aromatic heterocycles. The van der Waals surface area contributed by atoms with Crippen LogP contribution in [0, 0.1) is 11.6 Å². The molecule has 0 aliphatic carbocycles. The first-order valence-corrected chi connectivity index (χ1v) is 7.79. The van der Waals surface area contributed by atoms with E-state index in [1.807, 2.05) is 4.90 Å². The Morgan fingerprint density at radius 2 is 1.74 bits per heavy atom. The van der Waals surface area contributed by atoms with Crippen molar-refractivity contribution in [3.8, 4) is 6.01 Å². The van der Waals surface area contributed by atoms with Crippen molar-refractivity contribution in [2.45, 2.75) is 25.5 Å². The molecule has 1 fully saturated rings. The summed E-state index contributed by atoms with van der Waals surface area (Å²) in [6.07, 6.45) is 4.47. The third-order valence-corrected chi connectivity index (χ3v) is 4.04. The minimum atomic E-state index is -0.502. The van der Waals surface area contributed by atoms with E-state index in [1.54, 1.807) is 0 Å². The maximum absolute atomic E-state index is 13.7. The first kappa shape index (κ1) is 16.1. The van der Waals surface area contributed by atoms with Crippen LogP contribution < -0.4 is 4.74 Å². The Hall–Kier alpha value is -1.79. The standard InChI is InChI=1S/C16H16ClF2N3O/c17-11-8-20-16(21-9-11)23-12-4-6-22(7-5-12)10-13-14(18)2-1-3-15(13)19/h1-3,8-9,12H,4-7,10H2. The Balaban J connectivity index is 1.53. The SMILES string of the molecule is Fc1cccc(F)c1CN1CCC(Oc2ncc(Cl)cn2)CC1. The Labute approximate surface area is 138 Å². The summed E-state index contributed by atoms with van der Waals surface area (Å²) in [5.74, 6) is -1.00. The predicted octanol–water partition coefficient (Wildman–Crippen LogP) is 3.45. The number of ether oxygens (including phenoxy) is 1. The van der Waals surface area contributed by atoms with E-state index in [0.29, 0.717) is 24.1 Å². The van der Waals surface area contributed by atoms with Crippen LogP contribution in [0.3, 0.4) is 0 Å². The Kier molecular flexibility index (Phi) is 5.03. The lowest BCUT2D eigenvalue weighted by molar-refractivity contribution is 0.0881. The summed E-state index contributed by atoms with van der Waals surface area (Å²) in [6.45, 7) is 1.67. The summed E-state index contributed by atoms with van der Waals surface area (Å²) in [6, 6.07) is 4.24. The van der Waals surface area contributed by atoms with Gasteiger partial charge in [0, 0.05) is 25.2 Å². The summed E-state index contributed by atoms with van der Waals surface area (Å²) < 4.78 is 33.1. The van der Waals surface area contributed by atoms with Crippen LogP contribution in [0.1, 0.15) is 18.4 Å². The van der Waals surface area contributed by atoms with Crippen LogP contribution in [0.15, 0.2) is 30.6 Å². The Morgan fingerprint density at radius 3 is 2.35 bits per heavy atom. The summed E-state index contributed by atoms with van der Waals surface area (Å²) in [4.78, 5) is 10.0. The van der Waals surface area contributed by atoms with Gasteiger partial charge in [-0.15, -0.1) is 0 Å². The van der Waals surface area contributed by atoms with E-state index < -0.39 is 11.6 Å². The van der Waals surface area contributed by atoms with E-state index in [9.17, 15) is 8.78 Å². The van der Waals surface area contributed by atoms with E-state index >= 15 is 0 Å². The Bertz CT molecular complexity index is 641. The number of benzene rings is 1. The molecule has 1 saturated heterocycles. The molecule has 0 bridgehead atoms. The monoisotopic (exact) mass is 339 g/mol. The van der Waals surface area contributed by atoms with E-state index in [4.69, 9.17) is 16.3 Å². The fraction of sp³-hybridized carbons (Fsp3) is 0.375. The molecule has 0 spiro atoms. The van der Waals surface area contributed by atoms with Crippen molar-refractivity contribution in [3.63, 3.8) is 0 Å². The molecule has 3 rings (SSSR count). The van der Waals surface area contributed by atoms with Gasteiger partial charge in [-0.2, -0.15) is 0 Å². The van der Waals surface area contributed by atoms with Gasteiger partial charge in [-0.05, 0) is 25.0 Å². The van der Waals surface area contributed by atoms with Crippen LogP contribution in [-0.4, -0.2) is 34.1 Å². The lowest BCUT2D eigenvalue weighted by Gasteiger charge is -2.31. The first-order valence-electron chi connectivity index (χ1n) is 7.41. The van der Waals surface area contributed by atoms with Crippen LogP contribution in [0.4, 0.5) is 8.78 Å². The van der Waals surface area contributed by atoms with Gasteiger partial charge in [-0.1, -0.05) is 17.7 Å². The number of hydrogen-bond donors (Lipinski definition) is 0. The third-order valence-electron chi connectivity index (χ3n) is 3.85. The van der Waals surface area contributed by atoms with Crippen molar-refractivity contribution in [2.24, 2.45) is 0 Å². The van der Waals surface area contributed by atoms with Crippen LogP contribution in [0.5, 0.6) is 6.01 Å². The molecule has 1 aliphatic rings. The molecule has 1 aromatic carbocycles. The zero-order valence-electron chi connectivity index (χ0n) is 12.4. The second kappa shape index (κ2) is 7.19. The van der Waals surface area contributed by atoms with Crippen LogP contribution >= 0.6 is 11.6 Å². The van der Waals surface area contributed by atoms with Crippen LogP contribution in [0.2, 0.25) is 5.02 Å². The van der Waals surface area contributed by atoms with Crippen molar-refractivity contribution in [3.05, 3.63) is 52.8 Å². The highest BCUT2D eigenvalue weighted by atomic mass is 35.5. The van der Waals surface area contributed by atoms with Crippen molar-refractivity contribution in [1.82, 2.24) is 14.9 Å². The molecular weight excluding hydrogens is 324 g/mol. The second-order valence-corrected chi connectivity index (χ2v) is 5.91. The zero-order valence-corrected chi connectivity index (χ0v) is 13.1. The topological polar surface area (TPSA) is 38.2 Å². The molecule has 0 saturated carbocycles. The van der Waals surface area contributed by atoms with Crippen LogP contribution in [-0.2, 0) is 6.54 Å². The average molecular weight is 340 g/mol. The molecule has 0 radical (unpaired) electrons. The number of halogens is 3. The smallest absolute Gasteiger partial charge is 0.316 e. The highest BCUT2D eigenvalue weighted by Crippen LogP contribution is 2.20. The van der Waals surface area contributed by atoms with Crippen molar-refractivity contribution in [1.29, 1.82) is 0 Å². The molecule has 7 heteroatoms. The van der Waals surface area contributed by atoms with Gasteiger partial charge in [0.05, 0.1) is 17.4 Å². The van der Waals surface area contributed by atoms with E-state index in [1.165, 1.54) is 30.6 Å². The lowest BCUT2D eigenvalue weighted by Crippen LogP contribution is -2.38. The zero-order chi connectivity index (χ0) is 16.2. The minimum absolute atomic E-state index is 0.00195. The average Bonchev–Trinajstić information content (AvgIpc) is 2.55. The molecule has 0 amide bonds. The summed E-state index contributed by atoms with van der Waals surface area (Å²) in [7, 11) is 0. The van der Waals surface area contributed by atoms with Gasteiger partial charge in [0.25, 0.3) is 0 Å². The van der Waals surface area contributed by atoms with Crippen molar-refractivity contribution >= 4 is 11.6 Å². The largest absolute Gasteiger partial charge is 0.460 e. The van der Waals surface area contributed by atoms with E-state index in [2.05, 4.69) is 9.97 Å². The summed E-state index contributed by atoms with van der Waals surface area (Å²) >= 11 is 5.73. The number of aromatic nitrogens is 2. The number of nitrogens with zero attached hydrogens (tertiary/aromatic N) is 3. The predicted molar refractivity (Wildman–Crippen MR) is 82.3 cm³/mol. The van der Waals surface area contributed by atoms with Gasteiger partial charge in [-0.3, -0.25) is 4.90 Å². The van der Waals surface area contributed by atoms with Crippen molar-refractivity contribution < 1.29 is 13.5 Å².